The number of nitrogens with zero attached hydrogens (tertiary/aromatic N) is 1. The van der Waals surface area contributed by atoms with Crippen LogP contribution in [0.1, 0.15) is 77.6 Å². The van der Waals surface area contributed by atoms with E-state index >= 15 is 0 Å². The van der Waals surface area contributed by atoms with Gasteiger partial charge in [0.05, 0.1) is 11.4 Å². The van der Waals surface area contributed by atoms with Crippen molar-refractivity contribution in [1.82, 2.24) is 4.90 Å². The Hall–Kier alpha value is -0.720. The van der Waals surface area contributed by atoms with Gasteiger partial charge < -0.3 is 14.0 Å². The Bertz CT molecular complexity index is 345. The second kappa shape index (κ2) is 14.8. The smallest absolute Gasteiger partial charge is 0.246 e. The maximum absolute atomic E-state index is 11.3. The average Bonchev–Trinajstić information content (AvgIpc) is 3.27. The Morgan fingerprint density at radius 3 is 2.04 bits per heavy atom. The summed E-state index contributed by atoms with van der Waals surface area (Å²) in [6.07, 6.45) is 16.4. The average molecular weight is 347 g/mol. The van der Waals surface area contributed by atoms with Crippen molar-refractivity contribution in [2.75, 3.05) is 6.54 Å². The van der Waals surface area contributed by atoms with Gasteiger partial charge in [0.15, 0.2) is 0 Å². The Morgan fingerprint density at radius 1 is 1.17 bits per heavy atom. The van der Waals surface area contributed by atoms with Crippen LogP contribution < -0.4 is 0 Å². The third-order valence-electron chi connectivity index (χ3n) is 4.06. The third-order valence-corrected chi connectivity index (χ3v) is 4.06. The molecule has 1 aliphatic heterocycles. The summed E-state index contributed by atoms with van der Waals surface area (Å²) in [6, 6.07) is 0.527. The van der Waals surface area contributed by atoms with Crippen LogP contribution in [0.15, 0.2) is 12.7 Å². The number of amides is 1. The van der Waals surface area contributed by atoms with Gasteiger partial charge in [-0.25, -0.2) is 4.21 Å². The topological polar surface area (TPSA) is 80.4 Å². The van der Waals surface area contributed by atoms with E-state index in [1.165, 1.54) is 76.7 Å². The molecule has 2 atom stereocenters. The summed E-state index contributed by atoms with van der Waals surface area (Å²) in [6.45, 7) is 6.75. The molecule has 0 saturated carbocycles. The zero-order valence-electron chi connectivity index (χ0n) is 14.4. The van der Waals surface area contributed by atoms with Gasteiger partial charge in [-0.3, -0.25) is 4.79 Å². The van der Waals surface area contributed by atoms with Crippen LogP contribution in [-0.4, -0.2) is 36.7 Å². The highest BCUT2D eigenvalue weighted by molar-refractivity contribution is 7.73. The van der Waals surface area contributed by atoms with E-state index in [9.17, 15) is 4.79 Å². The standard InChI is InChI=1S/C17H31NO.H2O3S/c1-3-5-6-7-8-9-10-11-12-13-14-16-15-18(16)17(19)4-2;1-4(2)3/h4,16H,2-3,5-15H2,1H3;(H2,1,2,3)/p-1. The molecule has 1 saturated heterocycles. The summed E-state index contributed by atoms with van der Waals surface area (Å²) in [5.74, 6) is 0.108. The van der Waals surface area contributed by atoms with Crippen LogP contribution in [0.2, 0.25) is 0 Å². The first-order valence-electron chi connectivity index (χ1n) is 8.74. The first-order chi connectivity index (χ1) is 11.0. The van der Waals surface area contributed by atoms with Gasteiger partial charge in [0.2, 0.25) is 5.91 Å². The molecule has 0 radical (unpaired) electrons. The fourth-order valence-electron chi connectivity index (χ4n) is 2.68. The fourth-order valence-corrected chi connectivity index (χ4v) is 2.68. The molecular formula is C17H32NO4S-. The van der Waals surface area contributed by atoms with Crippen molar-refractivity contribution in [1.29, 1.82) is 0 Å². The highest BCUT2D eigenvalue weighted by Crippen LogP contribution is 2.24. The van der Waals surface area contributed by atoms with Gasteiger partial charge in [0, 0.05) is 12.6 Å². The molecule has 0 aromatic carbocycles. The molecule has 1 N–H and O–H groups in total. The second-order valence-corrected chi connectivity index (χ2v) is 6.47. The number of hydrogen-bond donors (Lipinski definition) is 1. The summed E-state index contributed by atoms with van der Waals surface area (Å²) in [5, 5.41) is 0. The van der Waals surface area contributed by atoms with Crippen LogP contribution in [0.25, 0.3) is 0 Å². The maximum Gasteiger partial charge on any atom is 0.246 e. The first kappa shape index (κ1) is 22.3. The molecule has 2 unspecified atom stereocenters. The summed E-state index contributed by atoms with van der Waals surface area (Å²) in [4.78, 5) is 13.2. The van der Waals surface area contributed by atoms with Crippen molar-refractivity contribution in [2.45, 2.75) is 83.6 Å². The van der Waals surface area contributed by atoms with E-state index in [4.69, 9.17) is 13.3 Å². The van der Waals surface area contributed by atoms with Gasteiger partial charge >= 0.3 is 0 Å². The van der Waals surface area contributed by atoms with E-state index in [2.05, 4.69) is 13.5 Å². The molecule has 1 rings (SSSR count). The van der Waals surface area contributed by atoms with Crippen molar-refractivity contribution < 1.29 is 18.1 Å². The van der Waals surface area contributed by atoms with Gasteiger partial charge in [-0.15, -0.1) is 0 Å². The Morgan fingerprint density at radius 2 is 1.61 bits per heavy atom. The minimum absolute atomic E-state index is 0.108. The van der Waals surface area contributed by atoms with Crippen LogP contribution >= 0.6 is 0 Å². The zero-order chi connectivity index (χ0) is 17.5. The summed E-state index contributed by atoms with van der Waals surface area (Å²) >= 11 is -2.86. The van der Waals surface area contributed by atoms with Crippen LogP contribution in [0.5, 0.6) is 0 Å². The molecule has 0 spiro atoms. The van der Waals surface area contributed by atoms with Crippen LogP contribution in [0.4, 0.5) is 0 Å². The van der Waals surface area contributed by atoms with Crippen LogP contribution in [0.3, 0.4) is 0 Å². The van der Waals surface area contributed by atoms with E-state index < -0.39 is 11.4 Å². The molecule has 1 fully saturated rings. The van der Waals surface area contributed by atoms with Gasteiger partial charge in [0.25, 0.3) is 0 Å². The lowest BCUT2D eigenvalue weighted by atomic mass is 10.1. The third kappa shape index (κ3) is 14.6. The highest BCUT2D eigenvalue weighted by Gasteiger charge is 2.35. The predicted octanol–water partition coefficient (Wildman–Crippen LogP) is 4.03. The monoisotopic (exact) mass is 346 g/mol. The van der Waals surface area contributed by atoms with E-state index in [0.29, 0.717) is 6.04 Å². The molecule has 23 heavy (non-hydrogen) atoms. The van der Waals surface area contributed by atoms with E-state index in [1.807, 2.05) is 4.90 Å². The number of hydrogen-bond acceptors (Lipinski definition) is 3. The summed E-state index contributed by atoms with van der Waals surface area (Å²) in [5.41, 5.74) is 0. The maximum atomic E-state index is 11.3. The first-order valence-corrected chi connectivity index (χ1v) is 9.77. The van der Waals surface area contributed by atoms with Crippen molar-refractivity contribution >= 4 is 17.3 Å². The van der Waals surface area contributed by atoms with Crippen molar-refractivity contribution in [2.24, 2.45) is 0 Å². The number of carbonyl (C=O) groups is 1. The largest absolute Gasteiger partial charge is 0.750 e. The molecule has 6 heteroatoms. The zero-order valence-corrected chi connectivity index (χ0v) is 15.2. The Balaban J connectivity index is 0.00000108. The van der Waals surface area contributed by atoms with Gasteiger partial charge in [-0.2, -0.15) is 0 Å². The highest BCUT2D eigenvalue weighted by atomic mass is 32.2. The predicted molar refractivity (Wildman–Crippen MR) is 93.7 cm³/mol. The van der Waals surface area contributed by atoms with Gasteiger partial charge in [-0.1, -0.05) is 77.7 Å². The number of carbonyl (C=O) groups excluding carboxylic acids is 1. The van der Waals surface area contributed by atoms with Crippen molar-refractivity contribution in [3.8, 4) is 0 Å². The quantitative estimate of drug-likeness (QED) is 0.250. The molecule has 1 aliphatic rings. The lowest BCUT2D eigenvalue weighted by Gasteiger charge is -2.03. The molecule has 1 amide bonds. The molecule has 0 aromatic rings. The van der Waals surface area contributed by atoms with Crippen molar-refractivity contribution in [3.63, 3.8) is 0 Å². The molecule has 0 aliphatic carbocycles. The van der Waals surface area contributed by atoms with Crippen molar-refractivity contribution in [3.05, 3.63) is 12.7 Å². The minimum Gasteiger partial charge on any atom is -0.750 e. The lowest BCUT2D eigenvalue weighted by molar-refractivity contribution is -0.121. The Labute approximate surface area is 143 Å². The Kier molecular flexibility index (Phi) is 14.4. The van der Waals surface area contributed by atoms with Crippen LogP contribution in [-0.2, 0) is 16.2 Å². The number of rotatable bonds is 12. The minimum atomic E-state index is -2.86. The van der Waals surface area contributed by atoms with E-state index in [0.717, 1.165) is 6.54 Å². The summed E-state index contributed by atoms with van der Waals surface area (Å²) in [7, 11) is 0. The molecule has 0 aromatic heterocycles. The molecule has 5 nitrogen and oxygen atoms in total. The van der Waals surface area contributed by atoms with Gasteiger partial charge in [0.1, 0.15) is 0 Å². The number of unbranched alkanes of at least 4 members (excludes halogenated alkanes) is 9. The molecule has 1 heterocycles. The van der Waals surface area contributed by atoms with E-state index in [1.54, 1.807) is 0 Å². The molecule has 0 bridgehead atoms. The SMILES string of the molecule is C=CC(=O)N1CC1CCCCCCCCCCCC.O=S([O-])O. The van der Waals surface area contributed by atoms with Crippen LogP contribution in [0, 0.1) is 0 Å². The molecule has 136 valence electrons. The lowest BCUT2D eigenvalue weighted by Crippen LogP contribution is -2.09. The van der Waals surface area contributed by atoms with Gasteiger partial charge in [-0.05, 0) is 12.5 Å². The second-order valence-electron chi connectivity index (χ2n) is 6.04. The fraction of sp³-hybridized carbons (Fsp3) is 0.824. The normalized spacial score (nSPS) is 17.2. The summed E-state index contributed by atoms with van der Waals surface area (Å²) < 4.78 is 24.1. The molecular weight excluding hydrogens is 314 g/mol. The van der Waals surface area contributed by atoms with E-state index in [-0.39, 0.29) is 5.91 Å².